The Labute approximate surface area is 117 Å². The van der Waals surface area contributed by atoms with Gasteiger partial charge in [0.25, 0.3) is 0 Å². The maximum atomic E-state index is 11.3. The van der Waals surface area contributed by atoms with Crippen LogP contribution in [0.3, 0.4) is 0 Å². The van der Waals surface area contributed by atoms with Crippen LogP contribution >= 0.6 is 0 Å². The lowest BCUT2D eigenvalue weighted by Gasteiger charge is -2.04. The molecule has 3 rings (SSSR count). The number of carbonyl (C=O) groups excluding carboxylic acids is 1. The average molecular weight is 272 g/mol. The number of ether oxygens (including phenoxy) is 2. The van der Waals surface area contributed by atoms with Crippen LogP contribution in [-0.2, 0) is 6.54 Å². The second-order valence-corrected chi connectivity index (χ2v) is 4.76. The maximum Gasteiger partial charge on any atom is 0.231 e. The van der Waals surface area contributed by atoms with E-state index in [-0.39, 0.29) is 6.79 Å². The number of hydrogen-bond donors (Lipinski definition) is 0. The van der Waals surface area contributed by atoms with Crippen molar-refractivity contribution in [1.29, 1.82) is 0 Å². The van der Waals surface area contributed by atoms with Crippen molar-refractivity contribution < 1.29 is 14.3 Å². The lowest BCUT2D eigenvalue weighted by Crippen LogP contribution is -1.96. The van der Waals surface area contributed by atoms with E-state index in [1.165, 1.54) is 0 Å². The van der Waals surface area contributed by atoms with E-state index in [9.17, 15) is 4.79 Å². The second kappa shape index (κ2) is 5.36. The first kappa shape index (κ1) is 12.7. The average Bonchev–Trinajstić information content (AvgIpc) is 3.11. The molecule has 0 saturated heterocycles. The molecule has 104 valence electrons. The first-order chi connectivity index (χ1) is 9.81. The normalized spacial score (nSPS) is 12.7. The highest BCUT2D eigenvalue weighted by Crippen LogP contribution is 2.38. The summed E-state index contributed by atoms with van der Waals surface area (Å²) >= 11 is 0. The van der Waals surface area contributed by atoms with Gasteiger partial charge in [0.15, 0.2) is 17.8 Å². The van der Waals surface area contributed by atoms with Crippen LogP contribution in [0.15, 0.2) is 24.5 Å². The van der Waals surface area contributed by atoms with Crippen LogP contribution in [0, 0.1) is 0 Å². The van der Waals surface area contributed by atoms with Gasteiger partial charge in [-0.25, -0.2) is 0 Å². The molecular weight excluding hydrogens is 256 g/mol. The number of aryl methyl sites for hydroxylation is 1. The van der Waals surface area contributed by atoms with Crippen LogP contribution in [0.5, 0.6) is 11.5 Å². The van der Waals surface area contributed by atoms with Crippen LogP contribution in [0.1, 0.15) is 30.1 Å². The van der Waals surface area contributed by atoms with E-state index >= 15 is 0 Å². The Morgan fingerprint density at radius 2 is 2.15 bits per heavy atom. The smallest absolute Gasteiger partial charge is 0.231 e. The summed E-state index contributed by atoms with van der Waals surface area (Å²) in [5.41, 5.74) is 2.33. The van der Waals surface area contributed by atoms with Crippen LogP contribution in [0.25, 0.3) is 11.1 Å². The van der Waals surface area contributed by atoms with Crippen LogP contribution < -0.4 is 9.47 Å². The lowest BCUT2D eigenvalue weighted by atomic mass is 10.0. The van der Waals surface area contributed by atoms with Crippen molar-refractivity contribution in [3.8, 4) is 22.6 Å². The molecule has 2 heterocycles. The quantitative estimate of drug-likeness (QED) is 0.785. The fourth-order valence-corrected chi connectivity index (χ4v) is 2.25. The number of carbonyl (C=O) groups is 1. The zero-order chi connectivity index (χ0) is 13.9. The van der Waals surface area contributed by atoms with E-state index < -0.39 is 0 Å². The maximum absolute atomic E-state index is 11.3. The van der Waals surface area contributed by atoms with Crippen LogP contribution in [0.4, 0.5) is 0 Å². The largest absolute Gasteiger partial charge is 0.454 e. The molecule has 0 fully saturated rings. The fraction of sp³-hybridized carbons (Fsp3) is 0.333. The Morgan fingerprint density at radius 1 is 1.35 bits per heavy atom. The van der Waals surface area contributed by atoms with Gasteiger partial charge in [0.1, 0.15) is 0 Å². The Bertz CT molecular complexity index is 634. The number of nitrogens with zero attached hydrogens (tertiary/aromatic N) is 2. The van der Waals surface area contributed by atoms with E-state index in [0.29, 0.717) is 17.1 Å². The lowest BCUT2D eigenvalue weighted by molar-refractivity contribution is 0.112. The predicted octanol–water partition coefficient (Wildman–Crippen LogP) is 2.89. The molecule has 5 nitrogen and oxygen atoms in total. The standard InChI is InChI=1S/C15H16N2O3/c1-2-3-4-17-8-12(7-16-17)13-6-15-14(19-10-20-15)5-11(13)9-18/h5-9H,2-4,10H2,1H3. The zero-order valence-electron chi connectivity index (χ0n) is 11.3. The highest BCUT2D eigenvalue weighted by molar-refractivity contribution is 5.89. The number of aromatic nitrogens is 2. The Balaban J connectivity index is 1.96. The molecule has 1 aliphatic rings. The minimum absolute atomic E-state index is 0.201. The van der Waals surface area contributed by atoms with Crippen LogP contribution in [0.2, 0.25) is 0 Å². The minimum atomic E-state index is 0.201. The van der Waals surface area contributed by atoms with Crippen molar-refractivity contribution >= 4 is 6.29 Å². The summed E-state index contributed by atoms with van der Waals surface area (Å²) < 4.78 is 12.6. The summed E-state index contributed by atoms with van der Waals surface area (Å²) in [5.74, 6) is 1.29. The van der Waals surface area contributed by atoms with E-state index in [4.69, 9.17) is 9.47 Å². The monoisotopic (exact) mass is 272 g/mol. The van der Waals surface area contributed by atoms with Gasteiger partial charge in [0.05, 0.1) is 6.20 Å². The highest BCUT2D eigenvalue weighted by Gasteiger charge is 2.18. The highest BCUT2D eigenvalue weighted by atomic mass is 16.7. The van der Waals surface area contributed by atoms with Crippen LogP contribution in [-0.4, -0.2) is 22.9 Å². The van der Waals surface area contributed by atoms with Crippen molar-refractivity contribution in [3.63, 3.8) is 0 Å². The molecule has 1 aliphatic heterocycles. The molecule has 0 bridgehead atoms. The van der Waals surface area contributed by atoms with E-state index in [2.05, 4.69) is 12.0 Å². The van der Waals surface area contributed by atoms with Gasteiger partial charge in [0.2, 0.25) is 6.79 Å². The number of benzene rings is 1. The second-order valence-electron chi connectivity index (χ2n) is 4.76. The van der Waals surface area contributed by atoms with Crippen molar-refractivity contribution in [1.82, 2.24) is 9.78 Å². The molecule has 0 amide bonds. The number of hydrogen-bond acceptors (Lipinski definition) is 4. The van der Waals surface area contributed by atoms with Gasteiger partial charge in [-0.15, -0.1) is 0 Å². The number of fused-ring (bicyclic) bond motifs is 1. The predicted molar refractivity (Wildman–Crippen MR) is 74.1 cm³/mol. The number of unbranched alkanes of at least 4 members (excludes halogenated alkanes) is 1. The number of rotatable bonds is 5. The molecule has 1 aromatic carbocycles. The van der Waals surface area contributed by atoms with Crippen molar-refractivity contribution in [2.24, 2.45) is 0 Å². The van der Waals surface area contributed by atoms with E-state index in [0.717, 1.165) is 36.8 Å². The first-order valence-electron chi connectivity index (χ1n) is 6.73. The molecule has 0 aliphatic carbocycles. The summed E-state index contributed by atoms with van der Waals surface area (Å²) in [6.07, 6.45) is 6.78. The van der Waals surface area contributed by atoms with Gasteiger partial charge >= 0.3 is 0 Å². The Hall–Kier alpha value is -2.30. The molecule has 0 N–H and O–H groups in total. The molecule has 0 saturated carbocycles. The van der Waals surface area contributed by atoms with Gasteiger partial charge in [-0.1, -0.05) is 13.3 Å². The van der Waals surface area contributed by atoms with Crippen molar-refractivity contribution in [2.75, 3.05) is 6.79 Å². The molecule has 20 heavy (non-hydrogen) atoms. The van der Waals surface area contributed by atoms with Gasteiger partial charge in [-0.2, -0.15) is 5.10 Å². The van der Waals surface area contributed by atoms with Gasteiger partial charge in [-0.05, 0) is 24.1 Å². The SMILES string of the molecule is CCCCn1cc(-c2cc3c(cc2C=O)OCO3)cn1. The Kier molecular flexibility index (Phi) is 3.41. The molecule has 5 heteroatoms. The molecule has 0 radical (unpaired) electrons. The first-order valence-corrected chi connectivity index (χ1v) is 6.73. The fourth-order valence-electron chi connectivity index (χ4n) is 2.25. The molecular formula is C15H16N2O3. The van der Waals surface area contributed by atoms with Gasteiger partial charge in [0, 0.05) is 23.9 Å². The third kappa shape index (κ3) is 2.27. The third-order valence-corrected chi connectivity index (χ3v) is 3.36. The Morgan fingerprint density at radius 3 is 2.90 bits per heavy atom. The number of aldehydes is 1. The van der Waals surface area contributed by atoms with Crippen molar-refractivity contribution in [2.45, 2.75) is 26.3 Å². The van der Waals surface area contributed by atoms with E-state index in [1.54, 1.807) is 12.3 Å². The summed E-state index contributed by atoms with van der Waals surface area (Å²) in [4.78, 5) is 11.3. The summed E-state index contributed by atoms with van der Waals surface area (Å²) in [6, 6.07) is 3.56. The summed E-state index contributed by atoms with van der Waals surface area (Å²) in [5, 5.41) is 4.33. The topological polar surface area (TPSA) is 53.4 Å². The molecule has 0 atom stereocenters. The summed E-state index contributed by atoms with van der Waals surface area (Å²) in [7, 11) is 0. The van der Waals surface area contributed by atoms with Crippen molar-refractivity contribution in [3.05, 3.63) is 30.1 Å². The van der Waals surface area contributed by atoms with Gasteiger partial charge < -0.3 is 9.47 Å². The molecule has 0 unspecified atom stereocenters. The zero-order valence-corrected chi connectivity index (χ0v) is 11.3. The molecule has 0 spiro atoms. The van der Waals surface area contributed by atoms with E-state index in [1.807, 2.05) is 16.9 Å². The minimum Gasteiger partial charge on any atom is -0.454 e. The van der Waals surface area contributed by atoms with Gasteiger partial charge in [-0.3, -0.25) is 9.48 Å². The molecule has 2 aromatic rings. The molecule has 1 aromatic heterocycles. The summed E-state index contributed by atoms with van der Waals surface area (Å²) in [6.45, 7) is 3.23. The third-order valence-electron chi connectivity index (χ3n) is 3.36.